The van der Waals surface area contributed by atoms with Gasteiger partial charge in [0.05, 0.1) is 23.7 Å². The lowest BCUT2D eigenvalue weighted by atomic mass is 10.1. The molecule has 0 unspecified atom stereocenters. The number of benzene rings is 1. The Bertz CT molecular complexity index is 827. The number of ether oxygens (including phenoxy) is 2. The number of esters is 1. The van der Waals surface area contributed by atoms with Gasteiger partial charge in [0.2, 0.25) is 10.0 Å². The Morgan fingerprint density at radius 1 is 1.21 bits per heavy atom. The van der Waals surface area contributed by atoms with E-state index in [0.29, 0.717) is 18.8 Å². The third-order valence-electron chi connectivity index (χ3n) is 5.07. The minimum Gasteiger partial charge on any atom is -0.452 e. The molecule has 1 aliphatic carbocycles. The van der Waals surface area contributed by atoms with Gasteiger partial charge < -0.3 is 14.8 Å². The molecule has 1 saturated carbocycles. The molecule has 0 atom stereocenters. The maximum atomic E-state index is 12.9. The number of morpholine rings is 1. The number of nitrogens with one attached hydrogen (secondary N) is 1. The average Bonchev–Trinajstić information content (AvgIpc) is 3.20. The predicted octanol–water partition coefficient (Wildman–Crippen LogP) is 1.23. The maximum Gasteiger partial charge on any atom is 0.338 e. The Balaban J connectivity index is 1.66. The number of sulfonamides is 1. The van der Waals surface area contributed by atoms with Crippen LogP contribution in [0.4, 0.5) is 0 Å². The fourth-order valence-electron chi connectivity index (χ4n) is 3.48. The van der Waals surface area contributed by atoms with Crippen LogP contribution < -0.4 is 5.32 Å². The van der Waals surface area contributed by atoms with Gasteiger partial charge in [-0.1, -0.05) is 18.9 Å². The van der Waals surface area contributed by atoms with E-state index in [9.17, 15) is 18.0 Å². The van der Waals surface area contributed by atoms with Crippen LogP contribution in [0.2, 0.25) is 0 Å². The van der Waals surface area contributed by atoms with E-state index >= 15 is 0 Å². The zero-order valence-corrected chi connectivity index (χ0v) is 16.8. The maximum absolute atomic E-state index is 12.9. The Morgan fingerprint density at radius 3 is 2.57 bits per heavy atom. The van der Waals surface area contributed by atoms with Crippen molar-refractivity contribution in [1.29, 1.82) is 0 Å². The molecule has 3 rings (SSSR count). The lowest BCUT2D eigenvalue weighted by molar-refractivity contribution is -0.124. The van der Waals surface area contributed by atoms with E-state index in [1.54, 1.807) is 13.0 Å². The first-order chi connectivity index (χ1) is 13.4. The third-order valence-corrected chi connectivity index (χ3v) is 7.11. The van der Waals surface area contributed by atoms with Gasteiger partial charge in [0.25, 0.3) is 5.91 Å². The normalized spacial score (nSPS) is 18.8. The number of hydrogen-bond acceptors (Lipinski definition) is 6. The number of hydrogen-bond donors (Lipinski definition) is 1. The molecule has 8 nitrogen and oxygen atoms in total. The molecule has 2 aliphatic rings. The van der Waals surface area contributed by atoms with E-state index in [4.69, 9.17) is 9.47 Å². The molecule has 0 aromatic heterocycles. The van der Waals surface area contributed by atoms with Crippen LogP contribution in [-0.4, -0.2) is 63.6 Å². The standard InChI is InChI=1S/C19H26N2O6S/c1-14-6-7-15(12-17(14)28(24,25)21-8-10-26-11-9-21)19(23)27-13-18(22)20-16-4-2-3-5-16/h6-7,12,16H,2-5,8-11,13H2,1H3,(H,20,22). The van der Waals surface area contributed by atoms with E-state index in [1.165, 1.54) is 16.4 Å². The zero-order valence-electron chi connectivity index (χ0n) is 16.0. The molecule has 1 N–H and O–H groups in total. The van der Waals surface area contributed by atoms with Crippen molar-refractivity contribution in [2.24, 2.45) is 0 Å². The topological polar surface area (TPSA) is 102 Å². The fourth-order valence-corrected chi connectivity index (χ4v) is 5.14. The zero-order chi connectivity index (χ0) is 20.1. The average molecular weight is 410 g/mol. The highest BCUT2D eigenvalue weighted by atomic mass is 32.2. The molecule has 1 aromatic rings. The summed E-state index contributed by atoms with van der Waals surface area (Å²) < 4.78 is 37.4. The Morgan fingerprint density at radius 2 is 1.89 bits per heavy atom. The molecule has 1 aliphatic heterocycles. The first-order valence-corrected chi connectivity index (χ1v) is 11.0. The summed E-state index contributed by atoms with van der Waals surface area (Å²) in [5.74, 6) is -1.06. The van der Waals surface area contributed by atoms with Crippen LogP contribution in [0.25, 0.3) is 0 Å². The largest absolute Gasteiger partial charge is 0.452 e. The van der Waals surface area contributed by atoms with Gasteiger partial charge >= 0.3 is 5.97 Å². The number of amides is 1. The first kappa shape index (κ1) is 20.8. The molecule has 154 valence electrons. The van der Waals surface area contributed by atoms with Crippen molar-refractivity contribution in [1.82, 2.24) is 9.62 Å². The van der Waals surface area contributed by atoms with Crippen LogP contribution in [-0.2, 0) is 24.3 Å². The third kappa shape index (κ3) is 4.89. The first-order valence-electron chi connectivity index (χ1n) is 9.53. The number of carbonyl (C=O) groups excluding carboxylic acids is 2. The van der Waals surface area contributed by atoms with Gasteiger partial charge in [-0.15, -0.1) is 0 Å². The Labute approximate surface area is 165 Å². The molecule has 0 bridgehead atoms. The summed E-state index contributed by atoms with van der Waals surface area (Å²) in [5, 5.41) is 2.84. The van der Waals surface area contributed by atoms with Gasteiger partial charge in [0.15, 0.2) is 6.61 Å². The summed E-state index contributed by atoms with van der Waals surface area (Å²) in [5.41, 5.74) is 0.646. The van der Waals surface area contributed by atoms with Crippen LogP contribution in [0, 0.1) is 6.92 Å². The number of nitrogens with zero attached hydrogens (tertiary/aromatic N) is 1. The second-order valence-electron chi connectivity index (χ2n) is 7.12. The predicted molar refractivity (Wildman–Crippen MR) is 101 cm³/mol. The quantitative estimate of drug-likeness (QED) is 0.708. The molecule has 28 heavy (non-hydrogen) atoms. The lowest BCUT2D eigenvalue weighted by Crippen LogP contribution is -2.40. The van der Waals surface area contributed by atoms with Crippen molar-refractivity contribution in [3.8, 4) is 0 Å². The van der Waals surface area contributed by atoms with Gasteiger partial charge in [-0.25, -0.2) is 13.2 Å². The highest BCUT2D eigenvalue weighted by Crippen LogP contribution is 2.23. The Hall–Kier alpha value is -1.97. The monoisotopic (exact) mass is 410 g/mol. The van der Waals surface area contributed by atoms with Crippen LogP contribution in [0.1, 0.15) is 41.6 Å². The molecule has 0 spiro atoms. The number of aryl methyl sites for hydroxylation is 1. The molecule has 2 fully saturated rings. The minimum absolute atomic E-state index is 0.0688. The molecule has 1 saturated heterocycles. The van der Waals surface area contributed by atoms with E-state index in [1.807, 2.05) is 0 Å². The summed E-state index contributed by atoms with van der Waals surface area (Å²) in [6.45, 7) is 2.54. The summed E-state index contributed by atoms with van der Waals surface area (Å²) >= 11 is 0. The van der Waals surface area contributed by atoms with Crippen LogP contribution in [0.3, 0.4) is 0 Å². The second kappa shape index (κ2) is 9.02. The van der Waals surface area contributed by atoms with E-state index in [-0.39, 0.29) is 42.1 Å². The fraction of sp³-hybridized carbons (Fsp3) is 0.579. The van der Waals surface area contributed by atoms with Crippen LogP contribution >= 0.6 is 0 Å². The number of rotatable bonds is 6. The highest BCUT2D eigenvalue weighted by Gasteiger charge is 2.28. The molecule has 0 radical (unpaired) electrons. The summed E-state index contributed by atoms with van der Waals surface area (Å²) in [7, 11) is -3.73. The SMILES string of the molecule is Cc1ccc(C(=O)OCC(=O)NC2CCCC2)cc1S(=O)(=O)N1CCOCC1. The van der Waals surface area contributed by atoms with Crippen molar-refractivity contribution in [2.45, 2.75) is 43.5 Å². The van der Waals surface area contributed by atoms with E-state index < -0.39 is 16.0 Å². The highest BCUT2D eigenvalue weighted by molar-refractivity contribution is 7.89. The number of carbonyl (C=O) groups is 2. The van der Waals surface area contributed by atoms with E-state index in [2.05, 4.69) is 5.32 Å². The van der Waals surface area contributed by atoms with Crippen LogP contribution in [0.5, 0.6) is 0 Å². The van der Waals surface area contributed by atoms with Crippen LogP contribution in [0.15, 0.2) is 23.1 Å². The van der Waals surface area contributed by atoms with Gasteiger partial charge in [-0.3, -0.25) is 4.79 Å². The van der Waals surface area contributed by atoms with Gasteiger partial charge in [-0.05, 0) is 37.5 Å². The Kier molecular flexibility index (Phi) is 6.69. The van der Waals surface area contributed by atoms with Gasteiger partial charge in [-0.2, -0.15) is 4.31 Å². The molecule has 1 amide bonds. The molecule has 1 aromatic carbocycles. The van der Waals surface area contributed by atoms with Crippen molar-refractivity contribution >= 4 is 21.9 Å². The smallest absolute Gasteiger partial charge is 0.338 e. The summed E-state index contributed by atoms with van der Waals surface area (Å²) in [4.78, 5) is 24.3. The van der Waals surface area contributed by atoms with Gasteiger partial charge in [0.1, 0.15) is 0 Å². The molecular formula is C19H26N2O6S. The van der Waals surface area contributed by atoms with Gasteiger partial charge in [0, 0.05) is 19.1 Å². The molecule has 9 heteroatoms. The van der Waals surface area contributed by atoms with Crippen molar-refractivity contribution in [2.75, 3.05) is 32.9 Å². The summed E-state index contributed by atoms with van der Waals surface area (Å²) in [6, 6.07) is 4.54. The lowest BCUT2D eigenvalue weighted by Gasteiger charge is -2.26. The van der Waals surface area contributed by atoms with Crippen molar-refractivity contribution < 1.29 is 27.5 Å². The minimum atomic E-state index is -3.73. The second-order valence-corrected chi connectivity index (χ2v) is 9.03. The summed E-state index contributed by atoms with van der Waals surface area (Å²) in [6.07, 6.45) is 4.07. The van der Waals surface area contributed by atoms with Crippen molar-refractivity contribution in [3.63, 3.8) is 0 Å². The van der Waals surface area contributed by atoms with E-state index in [0.717, 1.165) is 25.7 Å². The molecular weight excluding hydrogens is 384 g/mol. The molecule has 1 heterocycles. The van der Waals surface area contributed by atoms with Crippen molar-refractivity contribution in [3.05, 3.63) is 29.3 Å².